The molecule has 152 valence electrons. The van der Waals surface area contributed by atoms with Gasteiger partial charge in [-0.05, 0) is 29.3 Å². The van der Waals surface area contributed by atoms with Gasteiger partial charge in [0.25, 0.3) is 0 Å². The fourth-order valence-corrected chi connectivity index (χ4v) is 3.35. The SMILES string of the molecule is COc1ccc(/C=N/c2oc(-c3ccccc3)c(-c3ccccc3)c2C#N)cc1OC. The molecule has 4 aromatic rings. The van der Waals surface area contributed by atoms with E-state index in [0.717, 1.165) is 22.3 Å². The Kier molecular flexibility index (Phi) is 5.82. The normalized spacial score (nSPS) is 10.7. The minimum Gasteiger partial charge on any atom is -0.493 e. The number of methoxy groups -OCH3 is 2. The van der Waals surface area contributed by atoms with Gasteiger partial charge in [-0.2, -0.15) is 5.26 Å². The zero-order valence-corrected chi connectivity index (χ0v) is 17.2. The lowest BCUT2D eigenvalue weighted by molar-refractivity contribution is 0.355. The van der Waals surface area contributed by atoms with Gasteiger partial charge in [0.05, 0.1) is 14.2 Å². The molecule has 0 saturated carbocycles. The summed E-state index contributed by atoms with van der Waals surface area (Å²) in [5, 5.41) is 9.95. The Bertz CT molecular complexity index is 1250. The Morgan fingerprint density at radius 3 is 2.10 bits per heavy atom. The Hall–Kier alpha value is -4.30. The lowest BCUT2D eigenvalue weighted by Gasteiger charge is -2.07. The zero-order valence-electron chi connectivity index (χ0n) is 17.2. The number of hydrogen-bond acceptors (Lipinski definition) is 5. The second kappa shape index (κ2) is 9.02. The molecule has 0 aliphatic carbocycles. The fourth-order valence-electron chi connectivity index (χ4n) is 3.35. The van der Waals surface area contributed by atoms with Crippen LogP contribution in [0.3, 0.4) is 0 Å². The molecule has 0 aliphatic rings. The van der Waals surface area contributed by atoms with Gasteiger partial charge in [-0.25, -0.2) is 4.99 Å². The number of ether oxygens (including phenoxy) is 2. The second-order valence-corrected chi connectivity index (χ2v) is 6.70. The van der Waals surface area contributed by atoms with Gasteiger partial charge in [0.1, 0.15) is 17.4 Å². The van der Waals surface area contributed by atoms with Crippen LogP contribution in [0.5, 0.6) is 11.5 Å². The average molecular weight is 408 g/mol. The van der Waals surface area contributed by atoms with Crippen molar-refractivity contribution in [3.05, 3.63) is 90.0 Å². The molecule has 0 radical (unpaired) electrons. The van der Waals surface area contributed by atoms with Crippen LogP contribution < -0.4 is 9.47 Å². The molecule has 5 nitrogen and oxygen atoms in total. The monoisotopic (exact) mass is 408 g/mol. The summed E-state index contributed by atoms with van der Waals surface area (Å²) in [6.07, 6.45) is 1.64. The average Bonchev–Trinajstić information content (AvgIpc) is 3.22. The van der Waals surface area contributed by atoms with Crippen molar-refractivity contribution in [2.75, 3.05) is 14.2 Å². The Morgan fingerprint density at radius 1 is 0.839 bits per heavy atom. The predicted octanol–water partition coefficient (Wildman–Crippen LogP) is 6.25. The number of rotatable bonds is 6. The molecule has 0 unspecified atom stereocenters. The Labute approximate surface area is 180 Å². The molecule has 31 heavy (non-hydrogen) atoms. The molecule has 0 amide bonds. The van der Waals surface area contributed by atoms with Crippen LogP contribution in [0.4, 0.5) is 5.88 Å². The van der Waals surface area contributed by atoms with E-state index in [2.05, 4.69) is 11.1 Å². The summed E-state index contributed by atoms with van der Waals surface area (Å²) in [7, 11) is 3.17. The van der Waals surface area contributed by atoms with Gasteiger partial charge in [0.2, 0.25) is 5.88 Å². The molecule has 0 N–H and O–H groups in total. The second-order valence-electron chi connectivity index (χ2n) is 6.70. The topological polar surface area (TPSA) is 67.8 Å². The number of hydrogen-bond donors (Lipinski definition) is 0. The molecule has 0 aliphatic heterocycles. The third kappa shape index (κ3) is 4.05. The molecule has 0 spiro atoms. The molecule has 4 rings (SSSR count). The van der Waals surface area contributed by atoms with E-state index in [9.17, 15) is 5.26 Å². The third-order valence-corrected chi connectivity index (χ3v) is 4.84. The van der Waals surface area contributed by atoms with Crippen LogP contribution >= 0.6 is 0 Å². The van der Waals surface area contributed by atoms with Gasteiger partial charge in [-0.3, -0.25) is 0 Å². The molecular weight excluding hydrogens is 388 g/mol. The fraction of sp³-hybridized carbons (Fsp3) is 0.0769. The van der Waals surface area contributed by atoms with Crippen molar-refractivity contribution >= 4 is 12.1 Å². The van der Waals surface area contributed by atoms with E-state index in [1.165, 1.54) is 0 Å². The highest BCUT2D eigenvalue weighted by Gasteiger charge is 2.22. The van der Waals surface area contributed by atoms with Crippen molar-refractivity contribution in [1.82, 2.24) is 0 Å². The van der Waals surface area contributed by atoms with E-state index in [0.29, 0.717) is 22.8 Å². The van der Waals surface area contributed by atoms with Crippen LogP contribution in [0.15, 0.2) is 88.3 Å². The molecule has 5 heteroatoms. The van der Waals surface area contributed by atoms with Crippen LogP contribution in [-0.2, 0) is 0 Å². The zero-order chi connectivity index (χ0) is 21.6. The summed E-state index contributed by atoms with van der Waals surface area (Å²) >= 11 is 0. The number of nitriles is 1. The molecule has 0 fully saturated rings. The third-order valence-electron chi connectivity index (χ3n) is 4.84. The van der Waals surface area contributed by atoms with E-state index in [1.807, 2.05) is 72.8 Å². The van der Waals surface area contributed by atoms with Crippen LogP contribution in [0.1, 0.15) is 11.1 Å². The van der Waals surface area contributed by atoms with E-state index in [-0.39, 0.29) is 5.88 Å². The van der Waals surface area contributed by atoms with Gasteiger partial charge in [-0.1, -0.05) is 60.7 Å². The quantitative estimate of drug-likeness (QED) is 0.354. The van der Waals surface area contributed by atoms with E-state index < -0.39 is 0 Å². The summed E-state index contributed by atoms with van der Waals surface area (Å²) in [5.41, 5.74) is 3.69. The van der Waals surface area contributed by atoms with Gasteiger partial charge < -0.3 is 13.9 Å². The number of benzene rings is 3. The summed E-state index contributed by atoms with van der Waals surface area (Å²) in [6.45, 7) is 0. The van der Waals surface area contributed by atoms with Crippen molar-refractivity contribution < 1.29 is 13.9 Å². The first-order valence-electron chi connectivity index (χ1n) is 9.69. The first-order chi connectivity index (χ1) is 15.2. The van der Waals surface area contributed by atoms with Crippen molar-refractivity contribution in [3.63, 3.8) is 0 Å². The Balaban J connectivity index is 1.83. The first-order valence-corrected chi connectivity index (χ1v) is 9.69. The maximum Gasteiger partial charge on any atom is 0.238 e. The van der Waals surface area contributed by atoms with Crippen molar-refractivity contribution in [3.8, 4) is 40.0 Å². The van der Waals surface area contributed by atoms with Crippen LogP contribution in [0.25, 0.3) is 22.5 Å². The number of furan rings is 1. The Morgan fingerprint density at radius 2 is 1.48 bits per heavy atom. The first kappa shape index (κ1) is 20.0. The summed E-state index contributed by atoms with van der Waals surface area (Å²) in [6, 6.07) is 27.2. The molecule has 3 aromatic carbocycles. The van der Waals surface area contributed by atoms with Crippen molar-refractivity contribution in [1.29, 1.82) is 5.26 Å². The van der Waals surface area contributed by atoms with Crippen molar-refractivity contribution in [2.24, 2.45) is 4.99 Å². The number of aliphatic imine (C=N–C) groups is 1. The van der Waals surface area contributed by atoms with E-state index >= 15 is 0 Å². The van der Waals surface area contributed by atoms with Crippen molar-refractivity contribution in [2.45, 2.75) is 0 Å². The highest BCUT2D eigenvalue weighted by atomic mass is 16.5. The number of nitrogens with zero attached hydrogens (tertiary/aromatic N) is 2. The lowest BCUT2D eigenvalue weighted by atomic mass is 9.98. The van der Waals surface area contributed by atoms with E-state index in [1.54, 1.807) is 26.5 Å². The molecule has 1 heterocycles. The molecule has 0 saturated heterocycles. The lowest BCUT2D eigenvalue weighted by Crippen LogP contribution is -1.91. The maximum absolute atomic E-state index is 9.95. The van der Waals surface area contributed by atoms with Crippen LogP contribution in [0.2, 0.25) is 0 Å². The minimum atomic E-state index is 0.259. The standard InChI is InChI=1S/C26H20N2O3/c1-29-22-14-13-18(15-23(22)30-2)17-28-26-21(16-27)24(19-9-5-3-6-10-19)25(31-26)20-11-7-4-8-12-20/h3-15,17H,1-2H3/b28-17+. The van der Waals surface area contributed by atoms with Gasteiger partial charge >= 0.3 is 0 Å². The summed E-state index contributed by atoms with van der Waals surface area (Å²) in [5.74, 6) is 2.10. The minimum absolute atomic E-state index is 0.259. The smallest absolute Gasteiger partial charge is 0.238 e. The molecule has 0 atom stereocenters. The van der Waals surface area contributed by atoms with Gasteiger partial charge in [0, 0.05) is 17.3 Å². The predicted molar refractivity (Wildman–Crippen MR) is 121 cm³/mol. The summed E-state index contributed by atoms with van der Waals surface area (Å²) in [4.78, 5) is 4.50. The van der Waals surface area contributed by atoms with Crippen LogP contribution in [-0.4, -0.2) is 20.4 Å². The largest absolute Gasteiger partial charge is 0.493 e. The van der Waals surface area contributed by atoms with Gasteiger partial charge in [-0.15, -0.1) is 0 Å². The van der Waals surface area contributed by atoms with Gasteiger partial charge in [0.15, 0.2) is 11.5 Å². The molecule has 0 bridgehead atoms. The molecular formula is C26H20N2O3. The van der Waals surface area contributed by atoms with Crippen LogP contribution in [0, 0.1) is 11.3 Å². The van der Waals surface area contributed by atoms with E-state index in [4.69, 9.17) is 13.9 Å². The maximum atomic E-state index is 9.95. The highest BCUT2D eigenvalue weighted by molar-refractivity contribution is 5.90. The highest BCUT2D eigenvalue weighted by Crippen LogP contribution is 2.42. The molecule has 1 aromatic heterocycles. The summed E-state index contributed by atoms with van der Waals surface area (Å²) < 4.78 is 16.8.